The molecule has 1 aromatic rings. The Morgan fingerprint density at radius 3 is 2.86 bits per heavy atom. The Morgan fingerprint density at radius 1 is 1.33 bits per heavy atom. The highest BCUT2D eigenvalue weighted by molar-refractivity contribution is 7.07. The van der Waals surface area contributed by atoms with Crippen LogP contribution in [-0.2, 0) is 11.2 Å². The lowest BCUT2D eigenvalue weighted by Crippen LogP contribution is -2.50. The summed E-state index contributed by atoms with van der Waals surface area (Å²) in [4.78, 5) is 23.3. The maximum Gasteiger partial charge on any atom is 0.315 e. The van der Waals surface area contributed by atoms with Gasteiger partial charge in [-0.25, -0.2) is 4.79 Å². The van der Waals surface area contributed by atoms with Crippen LogP contribution in [0.25, 0.3) is 0 Å². The second-order valence-corrected chi connectivity index (χ2v) is 6.78. The average molecular weight is 308 g/mol. The molecule has 4 unspecified atom stereocenters. The van der Waals surface area contributed by atoms with Gasteiger partial charge in [-0.15, -0.1) is 0 Å². The minimum atomic E-state index is -0.772. The third-order valence-electron chi connectivity index (χ3n) is 4.78. The van der Waals surface area contributed by atoms with E-state index < -0.39 is 11.9 Å². The highest BCUT2D eigenvalue weighted by Gasteiger charge is 2.51. The number of amides is 2. The Morgan fingerprint density at radius 2 is 2.14 bits per heavy atom. The van der Waals surface area contributed by atoms with Gasteiger partial charge in [0.05, 0.1) is 5.92 Å². The molecule has 0 radical (unpaired) electrons. The summed E-state index contributed by atoms with van der Waals surface area (Å²) in [5.74, 6) is -0.612. The first-order valence-corrected chi connectivity index (χ1v) is 8.37. The van der Waals surface area contributed by atoms with Crippen LogP contribution in [0.2, 0.25) is 0 Å². The number of carbonyl (C=O) groups excluding carboxylic acids is 1. The molecule has 6 heteroatoms. The van der Waals surface area contributed by atoms with Crippen molar-refractivity contribution >= 4 is 23.3 Å². The molecule has 0 saturated heterocycles. The molecule has 1 aromatic heterocycles. The van der Waals surface area contributed by atoms with Gasteiger partial charge in [-0.05, 0) is 59.9 Å². The molecular weight excluding hydrogens is 288 g/mol. The van der Waals surface area contributed by atoms with E-state index >= 15 is 0 Å². The molecule has 114 valence electrons. The highest BCUT2D eigenvalue weighted by atomic mass is 32.1. The lowest BCUT2D eigenvalue weighted by molar-refractivity contribution is -0.144. The lowest BCUT2D eigenvalue weighted by Gasteiger charge is -2.28. The van der Waals surface area contributed by atoms with E-state index in [0.29, 0.717) is 12.5 Å². The van der Waals surface area contributed by atoms with E-state index in [1.54, 1.807) is 11.3 Å². The summed E-state index contributed by atoms with van der Waals surface area (Å²) in [6.07, 6.45) is 3.76. The van der Waals surface area contributed by atoms with Gasteiger partial charge in [-0.1, -0.05) is 0 Å². The van der Waals surface area contributed by atoms with E-state index in [1.165, 1.54) is 5.56 Å². The molecule has 2 aliphatic rings. The lowest BCUT2D eigenvalue weighted by atomic mass is 9.84. The van der Waals surface area contributed by atoms with Gasteiger partial charge >= 0.3 is 12.0 Å². The fraction of sp³-hybridized carbons (Fsp3) is 0.600. The van der Waals surface area contributed by atoms with Crippen LogP contribution in [0.3, 0.4) is 0 Å². The van der Waals surface area contributed by atoms with E-state index in [9.17, 15) is 14.7 Å². The molecule has 21 heavy (non-hydrogen) atoms. The summed E-state index contributed by atoms with van der Waals surface area (Å²) in [5, 5.41) is 19.2. The zero-order valence-electron chi connectivity index (χ0n) is 11.7. The first-order valence-electron chi connectivity index (χ1n) is 7.43. The molecular formula is C15H20N2O3S. The summed E-state index contributed by atoms with van der Waals surface area (Å²) in [6, 6.07) is 1.59. The van der Waals surface area contributed by atoms with Crippen molar-refractivity contribution in [1.82, 2.24) is 10.6 Å². The summed E-state index contributed by atoms with van der Waals surface area (Å²) >= 11 is 1.64. The number of carboxylic acids is 1. The van der Waals surface area contributed by atoms with Crippen molar-refractivity contribution in [2.24, 2.45) is 17.8 Å². The third kappa shape index (κ3) is 3.05. The number of rotatable bonds is 5. The van der Waals surface area contributed by atoms with Crippen molar-refractivity contribution in [2.45, 2.75) is 31.7 Å². The summed E-state index contributed by atoms with van der Waals surface area (Å²) in [7, 11) is 0. The van der Waals surface area contributed by atoms with E-state index in [0.717, 1.165) is 25.7 Å². The smallest absolute Gasteiger partial charge is 0.315 e. The summed E-state index contributed by atoms with van der Waals surface area (Å²) < 4.78 is 0. The van der Waals surface area contributed by atoms with E-state index in [2.05, 4.69) is 16.0 Å². The van der Waals surface area contributed by atoms with Crippen LogP contribution >= 0.6 is 11.3 Å². The SMILES string of the molecule is O=C(NCCc1ccsc1)NC1C2CCC(C2)C1C(=O)O. The number of nitrogens with one attached hydrogen (secondary N) is 2. The van der Waals surface area contributed by atoms with Crippen LogP contribution in [0.5, 0.6) is 0 Å². The zero-order valence-corrected chi connectivity index (χ0v) is 12.6. The number of carbonyl (C=O) groups is 2. The maximum absolute atomic E-state index is 12.0. The molecule has 2 bridgehead atoms. The van der Waals surface area contributed by atoms with Gasteiger partial charge in [0, 0.05) is 12.6 Å². The zero-order chi connectivity index (χ0) is 14.8. The second kappa shape index (κ2) is 6.05. The van der Waals surface area contributed by atoms with Crippen LogP contribution in [-0.4, -0.2) is 29.7 Å². The first kappa shape index (κ1) is 14.4. The molecule has 2 amide bonds. The van der Waals surface area contributed by atoms with E-state index in [4.69, 9.17) is 0 Å². The van der Waals surface area contributed by atoms with Gasteiger partial charge < -0.3 is 15.7 Å². The van der Waals surface area contributed by atoms with Crippen molar-refractivity contribution in [3.05, 3.63) is 22.4 Å². The molecule has 0 aromatic carbocycles. The monoisotopic (exact) mass is 308 g/mol. The number of urea groups is 1. The van der Waals surface area contributed by atoms with Crippen molar-refractivity contribution in [2.75, 3.05) is 6.54 Å². The number of carboxylic acid groups (broad SMARTS) is 1. The number of aliphatic carboxylic acids is 1. The van der Waals surface area contributed by atoms with Crippen LogP contribution in [0.4, 0.5) is 4.79 Å². The maximum atomic E-state index is 12.0. The Hall–Kier alpha value is -1.56. The van der Waals surface area contributed by atoms with E-state index in [-0.39, 0.29) is 18.0 Å². The van der Waals surface area contributed by atoms with Crippen LogP contribution in [0.15, 0.2) is 16.8 Å². The summed E-state index contributed by atoms with van der Waals surface area (Å²) in [5.41, 5.74) is 1.21. The average Bonchev–Trinajstić information content (AvgIpc) is 3.14. The largest absolute Gasteiger partial charge is 0.481 e. The Bertz CT molecular complexity index is 517. The van der Waals surface area contributed by atoms with Gasteiger partial charge in [-0.3, -0.25) is 4.79 Å². The predicted octanol–water partition coefficient (Wildman–Crippen LogP) is 2.09. The number of hydrogen-bond donors (Lipinski definition) is 3. The normalized spacial score (nSPS) is 30.3. The third-order valence-corrected chi connectivity index (χ3v) is 5.51. The Labute approximate surface area is 127 Å². The van der Waals surface area contributed by atoms with Gasteiger partial charge in [0.15, 0.2) is 0 Å². The summed E-state index contributed by atoms with van der Waals surface area (Å²) in [6.45, 7) is 0.571. The molecule has 0 spiro atoms. The molecule has 3 N–H and O–H groups in total. The molecule has 3 rings (SSSR count). The predicted molar refractivity (Wildman–Crippen MR) is 80.3 cm³/mol. The second-order valence-electron chi connectivity index (χ2n) is 6.00. The van der Waals surface area contributed by atoms with Crippen molar-refractivity contribution in [3.63, 3.8) is 0 Å². The first-order chi connectivity index (χ1) is 10.1. The Balaban J connectivity index is 1.49. The minimum Gasteiger partial charge on any atom is -0.481 e. The van der Waals surface area contributed by atoms with Crippen LogP contribution in [0.1, 0.15) is 24.8 Å². The highest BCUT2D eigenvalue weighted by Crippen LogP contribution is 2.48. The molecule has 2 saturated carbocycles. The van der Waals surface area contributed by atoms with Gasteiger partial charge in [0.2, 0.25) is 0 Å². The fourth-order valence-electron chi connectivity index (χ4n) is 3.81. The topological polar surface area (TPSA) is 78.4 Å². The standard InChI is InChI=1S/C15H20N2O3S/c18-14(19)12-10-1-2-11(7-10)13(12)17-15(20)16-5-3-9-4-6-21-8-9/h4,6,8,10-13H,1-3,5,7H2,(H,18,19)(H2,16,17,20). The molecule has 0 aliphatic heterocycles. The number of fused-ring (bicyclic) bond motifs is 2. The van der Waals surface area contributed by atoms with Gasteiger partial charge in [0.25, 0.3) is 0 Å². The molecule has 5 nitrogen and oxygen atoms in total. The van der Waals surface area contributed by atoms with Gasteiger partial charge in [0.1, 0.15) is 0 Å². The number of hydrogen-bond acceptors (Lipinski definition) is 3. The quantitative estimate of drug-likeness (QED) is 0.779. The van der Waals surface area contributed by atoms with Gasteiger partial charge in [-0.2, -0.15) is 11.3 Å². The van der Waals surface area contributed by atoms with Crippen LogP contribution in [0, 0.1) is 17.8 Å². The molecule has 2 fully saturated rings. The molecule has 1 heterocycles. The van der Waals surface area contributed by atoms with Crippen LogP contribution < -0.4 is 10.6 Å². The van der Waals surface area contributed by atoms with Crippen molar-refractivity contribution in [3.8, 4) is 0 Å². The molecule has 2 aliphatic carbocycles. The number of thiophene rings is 1. The molecule has 4 atom stereocenters. The van der Waals surface area contributed by atoms with E-state index in [1.807, 2.05) is 11.4 Å². The minimum absolute atomic E-state index is 0.206. The van der Waals surface area contributed by atoms with Crippen molar-refractivity contribution < 1.29 is 14.7 Å². The van der Waals surface area contributed by atoms with Crippen molar-refractivity contribution in [1.29, 1.82) is 0 Å². The Kier molecular flexibility index (Phi) is 4.14. The fourth-order valence-corrected chi connectivity index (χ4v) is 4.52.